The number of nitrogen functional groups attached to an aromatic ring is 1. The number of nitrogens with zero attached hydrogens (tertiary/aromatic N) is 1. The van der Waals surface area contributed by atoms with Crippen LogP contribution in [0.5, 0.6) is 0 Å². The van der Waals surface area contributed by atoms with Crippen LogP contribution in [0.25, 0.3) is 0 Å². The highest BCUT2D eigenvalue weighted by molar-refractivity contribution is 9.11. The van der Waals surface area contributed by atoms with Gasteiger partial charge in [-0.3, -0.25) is 0 Å². The molecule has 1 aliphatic heterocycles. The van der Waals surface area contributed by atoms with Crippen molar-refractivity contribution < 1.29 is 8.42 Å². The van der Waals surface area contributed by atoms with Crippen molar-refractivity contribution in [2.45, 2.75) is 18.2 Å². The normalized spacial score (nSPS) is 17.3. The second kappa shape index (κ2) is 5.55. The lowest BCUT2D eigenvalue weighted by Gasteiger charge is -2.26. The fraction of sp³-hybridized carbons (Fsp3) is 0.333. The first-order chi connectivity index (χ1) is 8.82. The number of benzene rings is 1. The van der Waals surface area contributed by atoms with Crippen LogP contribution in [0.1, 0.15) is 13.3 Å². The van der Waals surface area contributed by atoms with Crippen molar-refractivity contribution in [3.63, 3.8) is 0 Å². The highest BCUT2D eigenvalue weighted by Gasteiger charge is 2.30. The van der Waals surface area contributed by atoms with Crippen molar-refractivity contribution in [2.75, 3.05) is 18.8 Å². The van der Waals surface area contributed by atoms with E-state index in [1.54, 1.807) is 12.1 Å². The second-order valence-electron chi connectivity index (χ2n) is 4.49. The second-order valence-corrected chi connectivity index (χ2v) is 8.07. The summed E-state index contributed by atoms with van der Waals surface area (Å²) in [5.41, 5.74) is 7.27. The maximum absolute atomic E-state index is 12.7. The molecular weight excluding hydrogens is 396 g/mol. The van der Waals surface area contributed by atoms with Crippen LogP contribution in [0, 0.1) is 0 Å². The number of anilines is 1. The summed E-state index contributed by atoms with van der Waals surface area (Å²) in [5.74, 6) is 0. The van der Waals surface area contributed by atoms with Crippen LogP contribution in [0.3, 0.4) is 0 Å². The highest BCUT2D eigenvalue weighted by atomic mass is 79.9. The summed E-state index contributed by atoms with van der Waals surface area (Å²) >= 11 is 6.57. The van der Waals surface area contributed by atoms with E-state index in [1.165, 1.54) is 4.31 Å². The Kier molecular flexibility index (Phi) is 4.39. The van der Waals surface area contributed by atoms with Crippen molar-refractivity contribution in [2.24, 2.45) is 0 Å². The average Bonchev–Trinajstić information content (AvgIpc) is 2.26. The van der Waals surface area contributed by atoms with Crippen molar-refractivity contribution in [3.05, 3.63) is 32.7 Å². The summed E-state index contributed by atoms with van der Waals surface area (Å²) in [5, 5.41) is 0. The molecule has 2 rings (SSSR count). The number of halogens is 2. The molecule has 4 nitrogen and oxygen atoms in total. The van der Waals surface area contributed by atoms with Gasteiger partial charge in [-0.05, 0) is 57.3 Å². The lowest BCUT2D eigenvalue weighted by Crippen LogP contribution is -2.35. The fourth-order valence-electron chi connectivity index (χ4n) is 2.04. The van der Waals surface area contributed by atoms with Crippen molar-refractivity contribution in [3.8, 4) is 0 Å². The van der Waals surface area contributed by atoms with Crippen LogP contribution in [-0.2, 0) is 10.0 Å². The predicted octanol–water partition coefficient (Wildman–Crippen LogP) is 3.13. The maximum atomic E-state index is 12.7. The third kappa shape index (κ3) is 3.04. The molecule has 1 aliphatic rings. The fourth-order valence-corrected chi connectivity index (χ4v) is 6.07. The third-order valence-electron chi connectivity index (χ3n) is 2.92. The van der Waals surface area contributed by atoms with Crippen molar-refractivity contribution >= 4 is 47.6 Å². The van der Waals surface area contributed by atoms with Gasteiger partial charge in [0.15, 0.2) is 0 Å². The first-order valence-corrected chi connectivity index (χ1v) is 8.75. The molecule has 7 heteroatoms. The number of hydrogen-bond acceptors (Lipinski definition) is 3. The zero-order valence-corrected chi connectivity index (χ0v) is 14.3. The van der Waals surface area contributed by atoms with Gasteiger partial charge >= 0.3 is 0 Å². The van der Waals surface area contributed by atoms with E-state index in [0.717, 1.165) is 12.0 Å². The molecule has 19 heavy (non-hydrogen) atoms. The maximum Gasteiger partial charge on any atom is 0.245 e. The van der Waals surface area contributed by atoms with Gasteiger partial charge in [-0.1, -0.05) is 11.6 Å². The SMILES string of the molecule is CC1=CCCN(S(=O)(=O)c2c(Br)cc(N)cc2Br)C1. The number of hydrogen-bond donors (Lipinski definition) is 1. The molecule has 0 radical (unpaired) electrons. The van der Waals surface area contributed by atoms with E-state index < -0.39 is 10.0 Å². The quantitative estimate of drug-likeness (QED) is 0.602. The van der Waals surface area contributed by atoms with Gasteiger partial charge in [-0.15, -0.1) is 0 Å². The van der Waals surface area contributed by atoms with Crippen LogP contribution < -0.4 is 5.73 Å². The van der Waals surface area contributed by atoms with E-state index >= 15 is 0 Å². The number of sulfonamides is 1. The molecule has 1 aromatic rings. The number of nitrogens with two attached hydrogens (primary N) is 1. The molecule has 2 N–H and O–H groups in total. The predicted molar refractivity (Wildman–Crippen MR) is 83.4 cm³/mol. The molecule has 0 spiro atoms. The monoisotopic (exact) mass is 408 g/mol. The summed E-state index contributed by atoms with van der Waals surface area (Å²) in [7, 11) is -3.53. The van der Waals surface area contributed by atoms with Gasteiger partial charge in [0.1, 0.15) is 4.90 Å². The summed E-state index contributed by atoms with van der Waals surface area (Å²) in [6.45, 7) is 2.88. The van der Waals surface area contributed by atoms with Gasteiger partial charge in [0.25, 0.3) is 0 Å². The molecule has 0 bridgehead atoms. The van der Waals surface area contributed by atoms with E-state index in [9.17, 15) is 8.42 Å². The summed E-state index contributed by atoms with van der Waals surface area (Å²) in [6.07, 6.45) is 2.81. The Morgan fingerprint density at radius 3 is 2.37 bits per heavy atom. The van der Waals surface area contributed by atoms with Gasteiger partial charge in [-0.25, -0.2) is 8.42 Å². The zero-order chi connectivity index (χ0) is 14.2. The molecule has 0 unspecified atom stereocenters. The molecule has 0 saturated carbocycles. The first-order valence-electron chi connectivity index (χ1n) is 5.72. The molecule has 0 aliphatic carbocycles. The lowest BCUT2D eigenvalue weighted by molar-refractivity contribution is 0.427. The topological polar surface area (TPSA) is 63.4 Å². The lowest BCUT2D eigenvalue weighted by atomic mass is 10.2. The smallest absolute Gasteiger partial charge is 0.245 e. The molecule has 0 aromatic heterocycles. The van der Waals surface area contributed by atoms with E-state index in [2.05, 4.69) is 37.9 Å². The molecule has 1 heterocycles. The van der Waals surface area contributed by atoms with E-state index in [4.69, 9.17) is 5.73 Å². The largest absolute Gasteiger partial charge is 0.399 e. The molecule has 0 amide bonds. The Balaban J connectivity index is 2.49. The standard InChI is InChI=1S/C12H14Br2N2O2S/c1-8-3-2-4-16(7-8)19(17,18)12-10(13)5-9(15)6-11(12)14/h3,5-6H,2,4,7,15H2,1H3. The van der Waals surface area contributed by atoms with Crippen LogP contribution in [0.4, 0.5) is 5.69 Å². The van der Waals surface area contributed by atoms with Crippen LogP contribution in [0.15, 0.2) is 37.6 Å². The Labute approximate surface area is 130 Å². The highest BCUT2D eigenvalue weighted by Crippen LogP contribution is 2.35. The van der Waals surface area contributed by atoms with Gasteiger partial charge in [0.2, 0.25) is 10.0 Å². The van der Waals surface area contributed by atoms with Crippen LogP contribution in [-0.4, -0.2) is 25.8 Å². The Morgan fingerprint density at radius 1 is 1.26 bits per heavy atom. The van der Waals surface area contributed by atoms with Gasteiger partial charge < -0.3 is 5.73 Å². The van der Waals surface area contributed by atoms with E-state index in [0.29, 0.717) is 27.7 Å². The third-order valence-corrected chi connectivity index (χ3v) is 6.64. The summed E-state index contributed by atoms with van der Waals surface area (Å²) in [6, 6.07) is 3.20. The molecular formula is C12H14Br2N2O2S. The average molecular weight is 410 g/mol. The van der Waals surface area contributed by atoms with Crippen molar-refractivity contribution in [1.29, 1.82) is 0 Å². The van der Waals surface area contributed by atoms with E-state index in [-0.39, 0.29) is 4.90 Å². The van der Waals surface area contributed by atoms with E-state index in [1.807, 2.05) is 6.92 Å². The minimum absolute atomic E-state index is 0.233. The summed E-state index contributed by atoms with van der Waals surface area (Å²) < 4.78 is 27.8. The molecule has 104 valence electrons. The molecule has 0 atom stereocenters. The van der Waals surface area contributed by atoms with Gasteiger partial charge in [0.05, 0.1) is 0 Å². The van der Waals surface area contributed by atoms with Crippen molar-refractivity contribution in [1.82, 2.24) is 4.31 Å². The summed E-state index contributed by atoms with van der Waals surface area (Å²) in [4.78, 5) is 0.233. The number of rotatable bonds is 2. The molecule has 1 aromatic carbocycles. The van der Waals surface area contributed by atoms with Crippen LogP contribution >= 0.6 is 31.9 Å². The van der Waals surface area contributed by atoms with Gasteiger partial charge in [-0.2, -0.15) is 4.31 Å². The van der Waals surface area contributed by atoms with Gasteiger partial charge in [0, 0.05) is 27.7 Å². The Bertz CT molecular complexity index is 618. The first kappa shape index (κ1) is 15.0. The molecule has 0 fully saturated rings. The van der Waals surface area contributed by atoms with Crippen LogP contribution in [0.2, 0.25) is 0 Å². The Hall–Kier alpha value is -0.370. The zero-order valence-electron chi connectivity index (χ0n) is 10.4. The minimum atomic E-state index is -3.53. The molecule has 0 saturated heterocycles. The Morgan fingerprint density at radius 2 is 1.84 bits per heavy atom. The minimum Gasteiger partial charge on any atom is -0.399 e.